The van der Waals surface area contributed by atoms with Gasteiger partial charge in [0.1, 0.15) is 0 Å². The van der Waals surface area contributed by atoms with Gasteiger partial charge in [0.05, 0.1) is 15.9 Å². The van der Waals surface area contributed by atoms with Gasteiger partial charge in [-0.15, -0.1) is 0 Å². The van der Waals surface area contributed by atoms with Gasteiger partial charge < -0.3 is 5.32 Å². The molecule has 8 heteroatoms. The van der Waals surface area contributed by atoms with Crippen LogP contribution in [0.1, 0.15) is 19.7 Å². The summed E-state index contributed by atoms with van der Waals surface area (Å²) in [4.78, 5) is 29.9. The highest BCUT2D eigenvalue weighted by molar-refractivity contribution is 7.22. The van der Waals surface area contributed by atoms with E-state index in [1.54, 1.807) is 18.6 Å². The molecule has 0 bridgehead atoms. The standard InChI is InChI=1S/C22H20N6OS/c1-3-7-19-25-12-15(13-26-19)14-10-16(17-8-5-6-9-24-17)20-18(11-14)27-22(30-20)28-21(29)23-4-2/h3,5-13H,4H2,1-2H3,(H2,23,27,28,29). The Morgan fingerprint density at radius 3 is 2.67 bits per heavy atom. The number of benzene rings is 1. The number of thiazole rings is 1. The lowest BCUT2D eigenvalue weighted by Gasteiger charge is -2.07. The SMILES string of the molecule is CC=Cc1ncc(-c2cc(-c3ccccn3)c3sc(NC(=O)NCC)nc3c2)cn1. The van der Waals surface area contributed by atoms with Crippen LogP contribution in [0, 0.1) is 0 Å². The van der Waals surface area contributed by atoms with Gasteiger partial charge in [-0.1, -0.05) is 23.5 Å². The van der Waals surface area contributed by atoms with Crippen molar-refractivity contribution in [3.8, 4) is 22.4 Å². The Morgan fingerprint density at radius 2 is 1.97 bits per heavy atom. The van der Waals surface area contributed by atoms with Crippen LogP contribution in [0.3, 0.4) is 0 Å². The van der Waals surface area contributed by atoms with E-state index in [4.69, 9.17) is 0 Å². The van der Waals surface area contributed by atoms with Crippen molar-refractivity contribution in [2.45, 2.75) is 13.8 Å². The first kappa shape index (κ1) is 19.7. The van der Waals surface area contributed by atoms with Crippen LogP contribution in [0.4, 0.5) is 9.93 Å². The number of fused-ring (bicyclic) bond motifs is 1. The molecule has 0 atom stereocenters. The summed E-state index contributed by atoms with van der Waals surface area (Å²) in [5, 5.41) is 6.05. The molecule has 2 N–H and O–H groups in total. The topological polar surface area (TPSA) is 92.7 Å². The molecule has 0 fully saturated rings. The number of rotatable bonds is 5. The molecule has 0 saturated carbocycles. The number of amides is 2. The van der Waals surface area contributed by atoms with Gasteiger partial charge in [0.15, 0.2) is 11.0 Å². The lowest BCUT2D eigenvalue weighted by molar-refractivity contribution is 0.252. The van der Waals surface area contributed by atoms with Gasteiger partial charge in [-0.3, -0.25) is 10.3 Å². The number of urea groups is 1. The molecule has 30 heavy (non-hydrogen) atoms. The fraction of sp³-hybridized carbons (Fsp3) is 0.136. The maximum atomic E-state index is 11.9. The number of anilines is 1. The Hall–Kier alpha value is -3.65. The molecule has 0 unspecified atom stereocenters. The molecule has 2 amide bonds. The number of pyridine rings is 1. The van der Waals surface area contributed by atoms with Crippen LogP contribution in [0.25, 0.3) is 38.7 Å². The van der Waals surface area contributed by atoms with Gasteiger partial charge in [-0.25, -0.2) is 19.7 Å². The summed E-state index contributed by atoms with van der Waals surface area (Å²) in [5.74, 6) is 0.661. The summed E-state index contributed by atoms with van der Waals surface area (Å²) >= 11 is 1.42. The number of carbonyl (C=O) groups excluding carboxylic acids is 1. The lowest BCUT2D eigenvalue weighted by atomic mass is 10.0. The summed E-state index contributed by atoms with van der Waals surface area (Å²) < 4.78 is 0.954. The molecule has 3 aromatic heterocycles. The van der Waals surface area contributed by atoms with Crippen LogP contribution in [0.2, 0.25) is 0 Å². The molecular formula is C22H20N6OS. The number of allylic oxidation sites excluding steroid dienone is 1. The minimum atomic E-state index is -0.274. The predicted octanol–water partition coefficient (Wildman–Crippen LogP) is 4.99. The third-order valence-corrected chi connectivity index (χ3v) is 5.33. The molecule has 0 saturated heterocycles. The predicted molar refractivity (Wildman–Crippen MR) is 121 cm³/mol. The molecule has 3 heterocycles. The van der Waals surface area contributed by atoms with Crippen LogP contribution >= 0.6 is 11.3 Å². The summed E-state index contributed by atoms with van der Waals surface area (Å²) in [7, 11) is 0. The van der Waals surface area contributed by atoms with Crippen molar-refractivity contribution in [2.75, 3.05) is 11.9 Å². The Kier molecular flexibility index (Phi) is 5.76. The van der Waals surface area contributed by atoms with Crippen LogP contribution in [-0.4, -0.2) is 32.5 Å². The number of nitrogens with one attached hydrogen (secondary N) is 2. The van der Waals surface area contributed by atoms with Gasteiger partial charge in [-0.05, 0) is 49.8 Å². The summed E-state index contributed by atoms with van der Waals surface area (Å²) in [6, 6.07) is 9.56. The molecule has 4 rings (SSSR count). The quantitative estimate of drug-likeness (QED) is 0.478. The van der Waals surface area contributed by atoms with Crippen LogP contribution < -0.4 is 10.6 Å². The Labute approximate surface area is 178 Å². The first-order chi connectivity index (χ1) is 14.7. The van der Waals surface area contributed by atoms with E-state index in [-0.39, 0.29) is 6.03 Å². The first-order valence-corrected chi connectivity index (χ1v) is 10.4. The van der Waals surface area contributed by atoms with E-state index in [2.05, 4.69) is 36.6 Å². The van der Waals surface area contributed by atoms with E-state index < -0.39 is 0 Å². The minimum absolute atomic E-state index is 0.274. The van der Waals surface area contributed by atoms with Gasteiger partial charge in [0.2, 0.25) is 0 Å². The van der Waals surface area contributed by atoms with E-state index in [0.717, 1.165) is 32.6 Å². The van der Waals surface area contributed by atoms with Gasteiger partial charge >= 0.3 is 6.03 Å². The third-order valence-electron chi connectivity index (χ3n) is 4.31. The Morgan fingerprint density at radius 1 is 1.13 bits per heavy atom. The summed E-state index contributed by atoms with van der Waals surface area (Å²) in [5.41, 5.74) is 4.38. The fourth-order valence-corrected chi connectivity index (χ4v) is 3.95. The van der Waals surface area contributed by atoms with E-state index in [0.29, 0.717) is 17.5 Å². The van der Waals surface area contributed by atoms with Crippen molar-refractivity contribution in [1.29, 1.82) is 0 Å². The molecule has 7 nitrogen and oxygen atoms in total. The van der Waals surface area contributed by atoms with Gasteiger partial charge in [0.25, 0.3) is 0 Å². The second-order valence-electron chi connectivity index (χ2n) is 6.42. The average molecular weight is 417 g/mol. The summed E-state index contributed by atoms with van der Waals surface area (Å²) in [6.07, 6.45) is 9.11. The highest BCUT2D eigenvalue weighted by atomic mass is 32.1. The number of hydrogen-bond acceptors (Lipinski definition) is 6. The zero-order valence-corrected chi connectivity index (χ0v) is 17.4. The van der Waals surface area contributed by atoms with Crippen molar-refractivity contribution in [1.82, 2.24) is 25.3 Å². The smallest absolute Gasteiger partial charge is 0.321 e. The second-order valence-corrected chi connectivity index (χ2v) is 7.42. The lowest BCUT2D eigenvalue weighted by Crippen LogP contribution is -2.28. The Bertz CT molecular complexity index is 1200. The van der Waals surface area contributed by atoms with E-state index >= 15 is 0 Å². The average Bonchev–Trinajstić information content (AvgIpc) is 3.16. The van der Waals surface area contributed by atoms with Gasteiger partial charge in [-0.2, -0.15) is 0 Å². The van der Waals surface area contributed by atoms with Crippen molar-refractivity contribution >= 4 is 38.8 Å². The van der Waals surface area contributed by atoms with Crippen LogP contribution in [-0.2, 0) is 0 Å². The van der Waals surface area contributed by atoms with Crippen LogP contribution in [0.5, 0.6) is 0 Å². The highest BCUT2D eigenvalue weighted by Crippen LogP contribution is 2.37. The number of nitrogens with zero attached hydrogens (tertiary/aromatic N) is 4. The molecule has 1 aromatic carbocycles. The number of carbonyl (C=O) groups is 1. The molecule has 0 radical (unpaired) electrons. The highest BCUT2D eigenvalue weighted by Gasteiger charge is 2.15. The van der Waals surface area contributed by atoms with Crippen LogP contribution in [0.15, 0.2) is 55.0 Å². The zero-order chi connectivity index (χ0) is 20.9. The normalized spacial score (nSPS) is 11.1. The molecule has 0 aliphatic rings. The van der Waals surface area contributed by atoms with Gasteiger partial charge in [0, 0.05) is 36.3 Å². The molecule has 150 valence electrons. The molecule has 4 aromatic rings. The molecule has 0 aliphatic carbocycles. The summed E-state index contributed by atoms with van der Waals surface area (Å²) in [6.45, 7) is 4.34. The monoisotopic (exact) mass is 416 g/mol. The number of hydrogen-bond donors (Lipinski definition) is 2. The molecule has 0 spiro atoms. The van der Waals surface area contributed by atoms with Crippen molar-refractivity contribution in [3.63, 3.8) is 0 Å². The van der Waals surface area contributed by atoms with E-state index in [1.165, 1.54) is 11.3 Å². The molecular weight excluding hydrogens is 396 g/mol. The largest absolute Gasteiger partial charge is 0.338 e. The van der Waals surface area contributed by atoms with Crippen molar-refractivity contribution in [2.24, 2.45) is 0 Å². The van der Waals surface area contributed by atoms with E-state index in [1.807, 2.05) is 50.3 Å². The minimum Gasteiger partial charge on any atom is -0.338 e. The molecule has 0 aliphatic heterocycles. The zero-order valence-electron chi connectivity index (χ0n) is 16.6. The maximum Gasteiger partial charge on any atom is 0.321 e. The number of aromatic nitrogens is 4. The fourth-order valence-electron chi connectivity index (χ4n) is 2.99. The van der Waals surface area contributed by atoms with E-state index in [9.17, 15) is 4.79 Å². The maximum absolute atomic E-state index is 11.9. The Balaban J connectivity index is 1.82. The third kappa shape index (κ3) is 4.18. The second kappa shape index (κ2) is 8.79. The van der Waals surface area contributed by atoms with Crippen molar-refractivity contribution < 1.29 is 4.79 Å². The first-order valence-electron chi connectivity index (χ1n) is 9.54. The van der Waals surface area contributed by atoms with Crippen molar-refractivity contribution in [3.05, 3.63) is 60.8 Å².